The number of fused-ring (bicyclic) bond motifs is 3. The van der Waals surface area contributed by atoms with Crippen molar-refractivity contribution in [3.63, 3.8) is 0 Å². The molecule has 0 saturated heterocycles. The number of carbonyl (C=O) groups excluding carboxylic acids is 3. The van der Waals surface area contributed by atoms with Crippen molar-refractivity contribution in [3.8, 4) is 11.1 Å². The van der Waals surface area contributed by atoms with Gasteiger partial charge in [0.1, 0.15) is 25.9 Å². The van der Waals surface area contributed by atoms with E-state index in [1.807, 2.05) is 48.5 Å². The maximum Gasteiger partial charge on any atom is 0.414 e. The SMILES string of the molecule is C=CCOC(=O)NC(=NCCC[C@H](NC(=O)OCC1c2ccccc2-c2ccccc21)C(=O)O)NC(=O)OCC=C. The third-order valence-electron chi connectivity index (χ3n) is 5.96. The van der Waals surface area contributed by atoms with Crippen molar-refractivity contribution < 1.29 is 38.5 Å². The minimum atomic E-state index is -1.25. The summed E-state index contributed by atoms with van der Waals surface area (Å²) in [5.74, 6) is -1.68. The normalized spacial score (nSPS) is 12.0. The molecular weight excluding hydrogens is 532 g/mol. The first kappa shape index (κ1) is 30.4. The van der Waals surface area contributed by atoms with Crippen molar-refractivity contribution in [2.24, 2.45) is 4.99 Å². The number of nitrogens with zero attached hydrogens (tertiary/aromatic N) is 1. The van der Waals surface area contributed by atoms with Crippen molar-refractivity contribution >= 4 is 30.2 Å². The zero-order valence-corrected chi connectivity index (χ0v) is 22.3. The van der Waals surface area contributed by atoms with Gasteiger partial charge in [0.25, 0.3) is 0 Å². The van der Waals surface area contributed by atoms with Gasteiger partial charge < -0.3 is 24.6 Å². The number of guanidine groups is 1. The van der Waals surface area contributed by atoms with Crippen LogP contribution in [-0.4, -0.2) is 67.7 Å². The number of rotatable bonds is 12. The van der Waals surface area contributed by atoms with E-state index in [1.54, 1.807) is 0 Å². The van der Waals surface area contributed by atoms with Crippen LogP contribution < -0.4 is 16.0 Å². The predicted molar refractivity (Wildman–Crippen MR) is 151 cm³/mol. The molecule has 1 atom stereocenters. The number of carbonyl (C=O) groups is 4. The van der Waals surface area contributed by atoms with Gasteiger partial charge in [-0.05, 0) is 35.1 Å². The van der Waals surface area contributed by atoms with Gasteiger partial charge in [0.15, 0.2) is 0 Å². The highest BCUT2D eigenvalue weighted by atomic mass is 16.6. The van der Waals surface area contributed by atoms with E-state index in [2.05, 4.69) is 34.1 Å². The second-order valence-corrected chi connectivity index (χ2v) is 8.76. The Morgan fingerprint density at radius 3 is 1.90 bits per heavy atom. The van der Waals surface area contributed by atoms with E-state index < -0.39 is 30.3 Å². The molecule has 3 rings (SSSR count). The molecule has 12 nitrogen and oxygen atoms in total. The third-order valence-corrected chi connectivity index (χ3v) is 5.96. The average Bonchev–Trinajstić information content (AvgIpc) is 3.28. The highest BCUT2D eigenvalue weighted by Gasteiger charge is 2.29. The van der Waals surface area contributed by atoms with Crippen LogP contribution in [0.25, 0.3) is 11.1 Å². The van der Waals surface area contributed by atoms with E-state index in [9.17, 15) is 24.3 Å². The summed E-state index contributed by atoms with van der Waals surface area (Å²) in [6.07, 6.45) is 0.243. The molecule has 0 heterocycles. The number of carboxylic acids is 1. The monoisotopic (exact) mass is 564 g/mol. The number of amides is 3. The predicted octanol–water partition coefficient (Wildman–Crippen LogP) is 3.94. The number of hydrogen-bond acceptors (Lipinski definition) is 8. The van der Waals surface area contributed by atoms with Gasteiger partial charge in [0.05, 0.1) is 0 Å². The lowest BCUT2D eigenvalue weighted by Crippen LogP contribution is -2.44. The number of benzene rings is 2. The number of aliphatic carboxylic acids is 1. The molecule has 0 radical (unpaired) electrons. The number of ether oxygens (including phenoxy) is 3. The summed E-state index contributed by atoms with van der Waals surface area (Å²) < 4.78 is 15.1. The average molecular weight is 565 g/mol. The van der Waals surface area contributed by atoms with Crippen LogP contribution in [0, 0.1) is 0 Å². The smallest absolute Gasteiger partial charge is 0.414 e. The summed E-state index contributed by atoms with van der Waals surface area (Å²) in [4.78, 5) is 52.1. The number of hydrogen-bond donors (Lipinski definition) is 4. The molecule has 2 aromatic rings. The van der Waals surface area contributed by atoms with E-state index in [0.717, 1.165) is 22.3 Å². The van der Waals surface area contributed by atoms with Crippen molar-refractivity contribution in [1.29, 1.82) is 0 Å². The summed E-state index contributed by atoms with van der Waals surface area (Å²) in [5, 5.41) is 16.5. The van der Waals surface area contributed by atoms with Gasteiger partial charge in [-0.25, -0.2) is 19.2 Å². The van der Waals surface area contributed by atoms with Gasteiger partial charge in [0, 0.05) is 12.5 Å². The minimum absolute atomic E-state index is 0.00186. The van der Waals surface area contributed by atoms with Crippen LogP contribution in [0.1, 0.15) is 29.9 Å². The molecule has 1 aliphatic rings. The highest BCUT2D eigenvalue weighted by molar-refractivity contribution is 6.01. The van der Waals surface area contributed by atoms with Crippen LogP contribution in [0.5, 0.6) is 0 Å². The molecule has 0 fully saturated rings. The molecule has 3 amide bonds. The summed E-state index contributed by atoms with van der Waals surface area (Å²) in [6, 6.07) is 14.5. The minimum Gasteiger partial charge on any atom is -0.480 e. The Morgan fingerprint density at radius 1 is 0.854 bits per heavy atom. The van der Waals surface area contributed by atoms with E-state index in [1.165, 1.54) is 12.2 Å². The van der Waals surface area contributed by atoms with Crippen LogP contribution >= 0.6 is 0 Å². The lowest BCUT2D eigenvalue weighted by atomic mass is 9.98. The van der Waals surface area contributed by atoms with Gasteiger partial charge >= 0.3 is 24.2 Å². The molecule has 216 valence electrons. The Hall–Kier alpha value is -5.13. The number of nitrogens with one attached hydrogen (secondary N) is 3. The molecule has 0 unspecified atom stereocenters. The van der Waals surface area contributed by atoms with Crippen LogP contribution in [0.3, 0.4) is 0 Å². The lowest BCUT2D eigenvalue weighted by molar-refractivity contribution is -0.139. The summed E-state index contributed by atoms with van der Waals surface area (Å²) >= 11 is 0. The van der Waals surface area contributed by atoms with E-state index in [4.69, 9.17) is 14.2 Å². The van der Waals surface area contributed by atoms with Crippen molar-refractivity contribution in [3.05, 3.63) is 85.0 Å². The van der Waals surface area contributed by atoms with Crippen molar-refractivity contribution in [1.82, 2.24) is 16.0 Å². The van der Waals surface area contributed by atoms with Gasteiger partial charge in [-0.15, -0.1) is 0 Å². The molecule has 41 heavy (non-hydrogen) atoms. The van der Waals surface area contributed by atoms with Crippen LogP contribution in [0.4, 0.5) is 14.4 Å². The Morgan fingerprint density at radius 2 is 1.39 bits per heavy atom. The Bertz CT molecular complexity index is 1240. The van der Waals surface area contributed by atoms with Crippen molar-refractivity contribution in [2.45, 2.75) is 24.8 Å². The van der Waals surface area contributed by atoms with Gasteiger partial charge in [-0.2, -0.15) is 0 Å². The van der Waals surface area contributed by atoms with Crippen LogP contribution in [0.2, 0.25) is 0 Å². The maximum absolute atomic E-state index is 12.5. The zero-order valence-electron chi connectivity index (χ0n) is 22.3. The molecule has 12 heteroatoms. The van der Waals surface area contributed by atoms with Gasteiger partial charge in [0.2, 0.25) is 5.96 Å². The fraction of sp³-hybridized carbons (Fsp3) is 0.276. The summed E-state index contributed by atoms with van der Waals surface area (Å²) in [5.41, 5.74) is 4.22. The molecule has 0 aromatic heterocycles. The zero-order chi connectivity index (χ0) is 29.6. The maximum atomic E-state index is 12.5. The second kappa shape index (κ2) is 15.5. The number of carboxylic acid groups (broad SMARTS) is 1. The Kier molecular flexibility index (Phi) is 11.5. The first-order chi connectivity index (χ1) is 19.8. The number of alkyl carbamates (subject to hydrolysis) is 3. The largest absolute Gasteiger partial charge is 0.480 e. The molecule has 0 spiro atoms. The fourth-order valence-electron chi connectivity index (χ4n) is 4.17. The molecule has 0 bridgehead atoms. The standard InChI is InChI=1S/C29H32N4O8/c1-3-16-39-28(37)32-26(33-29(38)40-17-4-2)30-15-9-14-24(25(34)35)31-27(36)41-18-23-21-12-7-5-10-19(21)20-11-6-8-13-22(20)23/h3-8,10-13,23-24H,1-2,9,14-18H2,(H,31,36)(H,34,35)(H2,30,32,33,37,38)/t24-/m0/s1. The first-order valence-corrected chi connectivity index (χ1v) is 12.8. The molecule has 1 aliphatic carbocycles. The highest BCUT2D eigenvalue weighted by Crippen LogP contribution is 2.44. The first-order valence-electron chi connectivity index (χ1n) is 12.8. The third kappa shape index (κ3) is 8.95. The van der Waals surface area contributed by atoms with Crippen LogP contribution in [0.15, 0.2) is 78.8 Å². The summed E-state index contributed by atoms with van der Waals surface area (Å²) in [7, 11) is 0. The Balaban J connectivity index is 1.54. The molecule has 2 aromatic carbocycles. The molecule has 0 aliphatic heterocycles. The van der Waals surface area contributed by atoms with Crippen LogP contribution in [-0.2, 0) is 19.0 Å². The molecule has 0 saturated carbocycles. The summed E-state index contributed by atoms with van der Waals surface area (Å²) in [6.45, 7) is 6.77. The van der Waals surface area contributed by atoms with E-state index in [-0.39, 0.29) is 51.1 Å². The lowest BCUT2D eigenvalue weighted by Gasteiger charge is -2.17. The Labute approximate surface area is 237 Å². The van der Waals surface area contributed by atoms with Gasteiger partial charge in [-0.1, -0.05) is 73.8 Å². The topological polar surface area (TPSA) is 165 Å². The van der Waals surface area contributed by atoms with E-state index in [0.29, 0.717) is 0 Å². The molecule has 4 N–H and O–H groups in total. The fourth-order valence-corrected chi connectivity index (χ4v) is 4.17. The second-order valence-electron chi connectivity index (χ2n) is 8.76. The molecular formula is C29H32N4O8. The van der Waals surface area contributed by atoms with Crippen molar-refractivity contribution in [2.75, 3.05) is 26.4 Å². The van der Waals surface area contributed by atoms with E-state index >= 15 is 0 Å². The quantitative estimate of drug-likeness (QED) is 0.0990. The number of aliphatic imine (C=N–C) groups is 1. The van der Waals surface area contributed by atoms with Gasteiger partial charge in [-0.3, -0.25) is 15.6 Å².